The first-order valence-corrected chi connectivity index (χ1v) is 7.48. The highest BCUT2D eigenvalue weighted by Gasteiger charge is 2.23. The predicted molar refractivity (Wildman–Crippen MR) is 78.8 cm³/mol. The van der Waals surface area contributed by atoms with Gasteiger partial charge in [0, 0.05) is 20.9 Å². The fourth-order valence-electron chi connectivity index (χ4n) is 1.44. The van der Waals surface area contributed by atoms with Crippen LogP contribution < -0.4 is 5.32 Å². The van der Waals surface area contributed by atoms with E-state index < -0.39 is 0 Å². The van der Waals surface area contributed by atoms with Crippen LogP contribution >= 0.6 is 31.9 Å². The SMILES string of the molecule is CCC(C)(CBr)NC(=O)c1ccc(Br)cc1C. The number of carbonyl (C=O) groups excluding carboxylic acids is 1. The van der Waals surface area contributed by atoms with Crippen molar-refractivity contribution < 1.29 is 4.79 Å². The predicted octanol–water partition coefficient (Wildman–Crippen LogP) is 4.05. The van der Waals surface area contributed by atoms with Crippen LogP contribution in [0.15, 0.2) is 22.7 Å². The van der Waals surface area contributed by atoms with Crippen LogP contribution in [0.5, 0.6) is 0 Å². The van der Waals surface area contributed by atoms with Gasteiger partial charge in [-0.25, -0.2) is 0 Å². The number of alkyl halides is 1. The maximum atomic E-state index is 12.2. The Bertz CT molecular complexity index is 414. The number of hydrogen-bond donors (Lipinski definition) is 1. The molecule has 0 aliphatic heterocycles. The van der Waals surface area contributed by atoms with Crippen LogP contribution in [0.3, 0.4) is 0 Å². The molecule has 17 heavy (non-hydrogen) atoms. The van der Waals surface area contributed by atoms with E-state index in [-0.39, 0.29) is 11.4 Å². The quantitative estimate of drug-likeness (QED) is 0.804. The molecule has 1 N–H and O–H groups in total. The number of hydrogen-bond acceptors (Lipinski definition) is 1. The molecule has 0 aliphatic rings. The maximum absolute atomic E-state index is 12.2. The van der Waals surface area contributed by atoms with E-state index in [1.165, 1.54) is 0 Å². The molecule has 0 heterocycles. The van der Waals surface area contributed by atoms with Crippen LogP contribution in [0.1, 0.15) is 36.2 Å². The van der Waals surface area contributed by atoms with Gasteiger partial charge in [0.1, 0.15) is 0 Å². The van der Waals surface area contributed by atoms with Crippen molar-refractivity contribution in [3.8, 4) is 0 Å². The normalized spacial score (nSPS) is 14.2. The Labute approximate surface area is 119 Å². The smallest absolute Gasteiger partial charge is 0.251 e. The Morgan fingerprint density at radius 3 is 2.59 bits per heavy atom. The van der Waals surface area contributed by atoms with Gasteiger partial charge in [-0.2, -0.15) is 0 Å². The first-order valence-electron chi connectivity index (χ1n) is 5.56. The van der Waals surface area contributed by atoms with E-state index in [1.807, 2.05) is 32.0 Å². The fourth-order valence-corrected chi connectivity index (χ4v) is 2.45. The summed E-state index contributed by atoms with van der Waals surface area (Å²) in [6, 6.07) is 5.69. The molecule has 1 aromatic carbocycles. The summed E-state index contributed by atoms with van der Waals surface area (Å²) < 4.78 is 0.991. The van der Waals surface area contributed by atoms with Crippen LogP contribution in [0.4, 0.5) is 0 Å². The highest BCUT2D eigenvalue weighted by Crippen LogP contribution is 2.18. The summed E-state index contributed by atoms with van der Waals surface area (Å²) in [7, 11) is 0. The van der Waals surface area contributed by atoms with Crippen molar-refractivity contribution >= 4 is 37.8 Å². The zero-order chi connectivity index (χ0) is 13.1. The highest BCUT2D eigenvalue weighted by molar-refractivity contribution is 9.10. The van der Waals surface area contributed by atoms with Crippen molar-refractivity contribution in [2.45, 2.75) is 32.7 Å². The first kappa shape index (κ1) is 14.7. The van der Waals surface area contributed by atoms with Gasteiger partial charge in [-0.3, -0.25) is 4.79 Å². The number of rotatable bonds is 4. The van der Waals surface area contributed by atoms with Crippen LogP contribution in [-0.2, 0) is 0 Å². The molecular weight excluding hydrogens is 346 g/mol. The first-order chi connectivity index (χ1) is 7.91. The number of carbonyl (C=O) groups is 1. The lowest BCUT2D eigenvalue weighted by Crippen LogP contribution is -2.47. The Kier molecular flexibility index (Phi) is 5.20. The van der Waals surface area contributed by atoms with Gasteiger partial charge in [0.2, 0.25) is 0 Å². The van der Waals surface area contributed by atoms with Gasteiger partial charge in [-0.15, -0.1) is 0 Å². The number of aryl methyl sites for hydroxylation is 1. The summed E-state index contributed by atoms with van der Waals surface area (Å²) in [6.07, 6.45) is 0.888. The van der Waals surface area contributed by atoms with Gasteiger partial charge in [0.25, 0.3) is 5.91 Å². The van der Waals surface area contributed by atoms with E-state index in [1.54, 1.807) is 0 Å². The summed E-state index contributed by atoms with van der Waals surface area (Å²) in [5.74, 6) is -0.0150. The summed E-state index contributed by atoms with van der Waals surface area (Å²) in [5.41, 5.74) is 1.51. The van der Waals surface area contributed by atoms with Gasteiger partial charge in [0.05, 0.1) is 0 Å². The summed E-state index contributed by atoms with van der Waals surface area (Å²) in [4.78, 5) is 12.2. The molecule has 1 amide bonds. The summed E-state index contributed by atoms with van der Waals surface area (Å²) >= 11 is 6.84. The second kappa shape index (κ2) is 6.01. The zero-order valence-electron chi connectivity index (χ0n) is 10.3. The molecule has 1 aromatic rings. The van der Waals surface area contributed by atoms with E-state index in [4.69, 9.17) is 0 Å². The van der Waals surface area contributed by atoms with Crippen molar-refractivity contribution in [1.29, 1.82) is 0 Å². The molecule has 0 radical (unpaired) electrons. The largest absolute Gasteiger partial charge is 0.346 e. The second-order valence-corrected chi connectivity index (χ2v) is 5.94. The molecule has 0 spiro atoms. The van der Waals surface area contributed by atoms with Crippen LogP contribution in [0.25, 0.3) is 0 Å². The van der Waals surface area contributed by atoms with Gasteiger partial charge < -0.3 is 5.32 Å². The summed E-state index contributed by atoms with van der Waals surface area (Å²) in [5, 5.41) is 3.82. The third kappa shape index (κ3) is 3.81. The Morgan fingerprint density at radius 2 is 2.12 bits per heavy atom. The fraction of sp³-hybridized carbons (Fsp3) is 0.462. The van der Waals surface area contributed by atoms with Crippen LogP contribution in [0, 0.1) is 6.92 Å². The third-order valence-corrected chi connectivity index (χ3v) is 4.65. The molecule has 0 saturated heterocycles. The van der Waals surface area contributed by atoms with Crippen LogP contribution in [-0.4, -0.2) is 16.8 Å². The highest BCUT2D eigenvalue weighted by atomic mass is 79.9. The van der Waals surface area contributed by atoms with Crippen molar-refractivity contribution in [2.24, 2.45) is 0 Å². The lowest BCUT2D eigenvalue weighted by Gasteiger charge is -2.27. The molecule has 2 nitrogen and oxygen atoms in total. The van der Waals surface area contributed by atoms with Crippen molar-refractivity contribution in [1.82, 2.24) is 5.32 Å². The van der Waals surface area contributed by atoms with Crippen molar-refractivity contribution in [2.75, 3.05) is 5.33 Å². The Balaban J connectivity index is 2.90. The van der Waals surface area contributed by atoms with Gasteiger partial charge in [-0.05, 0) is 44.0 Å². The molecule has 0 fully saturated rings. The van der Waals surface area contributed by atoms with E-state index in [9.17, 15) is 4.79 Å². The van der Waals surface area contributed by atoms with E-state index >= 15 is 0 Å². The number of nitrogens with one attached hydrogen (secondary N) is 1. The minimum Gasteiger partial charge on any atom is -0.346 e. The molecule has 1 rings (SSSR count). The monoisotopic (exact) mass is 361 g/mol. The average molecular weight is 363 g/mol. The van der Waals surface area contributed by atoms with E-state index in [2.05, 4.69) is 44.1 Å². The topological polar surface area (TPSA) is 29.1 Å². The Hall–Kier alpha value is -0.350. The van der Waals surface area contributed by atoms with Crippen molar-refractivity contribution in [3.05, 3.63) is 33.8 Å². The van der Waals surface area contributed by atoms with Gasteiger partial charge in [-0.1, -0.05) is 38.8 Å². The number of amides is 1. The summed E-state index contributed by atoms with van der Waals surface area (Å²) in [6.45, 7) is 6.04. The molecule has 0 aromatic heterocycles. The number of halogens is 2. The van der Waals surface area contributed by atoms with E-state index in [0.29, 0.717) is 0 Å². The second-order valence-electron chi connectivity index (χ2n) is 4.46. The number of benzene rings is 1. The minimum absolute atomic E-state index is 0.0150. The molecule has 94 valence electrons. The lowest BCUT2D eigenvalue weighted by atomic mass is 10.0. The molecule has 0 bridgehead atoms. The molecule has 0 aliphatic carbocycles. The maximum Gasteiger partial charge on any atom is 0.251 e. The molecule has 4 heteroatoms. The van der Waals surface area contributed by atoms with Gasteiger partial charge in [0.15, 0.2) is 0 Å². The zero-order valence-corrected chi connectivity index (χ0v) is 13.5. The minimum atomic E-state index is -0.198. The van der Waals surface area contributed by atoms with Crippen LogP contribution in [0.2, 0.25) is 0 Å². The Morgan fingerprint density at radius 1 is 1.47 bits per heavy atom. The molecule has 1 atom stereocenters. The average Bonchev–Trinajstić information content (AvgIpc) is 2.28. The standard InChI is InChI=1S/C13H17Br2NO/c1-4-13(3,8-14)16-12(17)11-6-5-10(15)7-9(11)2/h5-7H,4,8H2,1-3H3,(H,16,17). The van der Waals surface area contributed by atoms with Gasteiger partial charge >= 0.3 is 0 Å². The molecular formula is C13H17Br2NO. The third-order valence-electron chi connectivity index (χ3n) is 2.92. The molecule has 0 saturated carbocycles. The van der Waals surface area contributed by atoms with Crippen molar-refractivity contribution in [3.63, 3.8) is 0 Å². The van der Waals surface area contributed by atoms with E-state index in [0.717, 1.165) is 27.4 Å². The lowest BCUT2D eigenvalue weighted by molar-refractivity contribution is 0.0913. The molecule has 1 unspecified atom stereocenters.